The van der Waals surface area contributed by atoms with Crippen LogP contribution in [0, 0.1) is 0 Å². The summed E-state index contributed by atoms with van der Waals surface area (Å²) in [5.41, 5.74) is 1.82. The maximum atomic E-state index is 12.9. The Kier molecular flexibility index (Phi) is 6.35. The third-order valence-electron chi connectivity index (χ3n) is 3.82. The molecule has 3 rings (SSSR count). The molecule has 8 heteroatoms. The van der Waals surface area contributed by atoms with E-state index < -0.39 is 0 Å². The number of benzene rings is 1. The molecule has 23 heavy (non-hydrogen) atoms. The Labute approximate surface area is 150 Å². The summed E-state index contributed by atoms with van der Waals surface area (Å²) in [7, 11) is 0. The van der Waals surface area contributed by atoms with E-state index in [2.05, 4.69) is 14.9 Å². The van der Waals surface area contributed by atoms with Gasteiger partial charge < -0.3 is 10.2 Å². The van der Waals surface area contributed by atoms with Crippen molar-refractivity contribution in [3.8, 4) is 0 Å². The van der Waals surface area contributed by atoms with Crippen molar-refractivity contribution in [1.29, 1.82) is 0 Å². The van der Waals surface area contributed by atoms with Gasteiger partial charge in [-0.15, -0.1) is 17.5 Å². The van der Waals surface area contributed by atoms with Crippen LogP contribution in [0.3, 0.4) is 0 Å². The average molecular weight is 373 g/mol. The fraction of sp³-hybridized carbons (Fsp3) is 0.400. The second-order valence-corrected chi connectivity index (χ2v) is 6.37. The first-order valence-electron chi connectivity index (χ1n) is 7.29. The van der Waals surface area contributed by atoms with Gasteiger partial charge in [-0.05, 0) is 35.6 Å². The fourth-order valence-electron chi connectivity index (χ4n) is 2.69. The van der Waals surface area contributed by atoms with Crippen LogP contribution in [0.1, 0.15) is 33.9 Å². The Hall–Kier alpha value is -1.21. The Morgan fingerprint density at radius 3 is 3.09 bits per heavy atom. The molecule has 0 aliphatic carbocycles. The van der Waals surface area contributed by atoms with Crippen LogP contribution in [0.4, 0.5) is 0 Å². The first kappa shape index (κ1) is 18.1. The zero-order valence-electron chi connectivity index (χ0n) is 12.7. The molecule has 1 amide bonds. The molecule has 0 saturated carbocycles. The summed E-state index contributed by atoms with van der Waals surface area (Å²) in [5, 5.41) is 8.08. The largest absolute Gasteiger partial charge is 0.328 e. The van der Waals surface area contributed by atoms with E-state index in [1.165, 1.54) is 11.5 Å². The lowest BCUT2D eigenvalue weighted by atomic mass is 10.0. The van der Waals surface area contributed by atoms with Gasteiger partial charge in [-0.1, -0.05) is 35.1 Å². The number of nitrogens with one attached hydrogen (secondary N) is 1. The third kappa shape index (κ3) is 3.83. The Balaban J connectivity index is 0.00000192. The highest BCUT2D eigenvalue weighted by molar-refractivity contribution is 7.08. The molecule has 1 unspecified atom stereocenters. The van der Waals surface area contributed by atoms with E-state index in [0.29, 0.717) is 22.9 Å². The van der Waals surface area contributed by atoms with Crippen LogP contribution in [0.5, 0.6) is 0 Å². The zero-order valence-corrected chi connectivity index (χ0v) is 15.0. The highest BCUT2D eigenvalue weighted by atomic mass is 35.5. The minimum absolute atomic E-state index is 0. The quantitative estimate of drug-likeness (QED) is 0.899. The Bertz CT molecular complexity index is 679. The lowest BCUT2D eigenvalue weighted by Gasteiger charge is -2.36. The number of halogens is 2. The monoisotopic (exact) mass is 372 g/mol. The van der Waals surface area contributed by atoms with Crippen molar-refractivity contribution in [2.45, 2.75) is 19.4 Å². The number of hydrogen-bond donors (Lipinski definition) is 1. The molecule has 1 aliphatic rings. The van der Waals surface area contributed by atoms with E-state index >= 15 is 0 Å². The number of amides is 1. The summed E-state index contributed by atoms with van der Waals surface area (Å²) >= 11 is 7.27. The molecule has 124 valence electrons. The van der Waals surface area contributed by atoms with Crippen LogP contribution in [-0.2, 0) is 6.42 Å². The number of aryl methyl sites for hydroxylation is 1. The SMILES string of the molecule is CCc1nnsc1C(=O)N1CCNCC1c1cccc(Cl)c1.Cl. The summed E-state index contributed by atoms with van der Waals surface area (Å²) in [5.74, 6) is 0.0123. The van der Waals surface area contributed by atoms with Crippen molar-refractivity contribution in [2.24, 2.45) is 0 Å². The molecule has 1 atom stereocenters. The van der Waals surface area contributed by atoms with Gasteiger partial charge >= 0.3 is 0 Å². The van der Waals surface area contributed by atoms with Gasteiger partial charge in [0.05, 0.1) is 11.7 Å². The highest BCUT2D eigenvalue weighted by Gasteiger charge is 2.31. The van der Waals surface area contributed by atoms with Crippen molar-refractivity contribution in [3.05, 3.63) is 45.4 Å². The molecule has 1 aromatic heterocycles. The molecule has 5 nitrogen and oxygen atoms in total. The molecule has 0 spiro atoms. The summed E-state index contributed by atoms with van der Waals surface area (Å²) in [4.78, 5) is 15.5. The lowest BCUT2D eigenvalue weighted by Crippen LogP contribution is -2.48. The van der Waals surface area contributed by atoms with E-state index in [-0.39, 0.29) is 24.4 Å². The van der Waals surface area contributed by atoms with Crippen molar-refractivity contribution >= 4 is 41.4 Å². The maximum Gasteiger partial charge on any atom is 0.268 e. The van der Waals surface area contributed by atoms with Gasteiger partial charge in [0, 0.05) is 24.7 Å². The first-order valence-corrected chi connectivity index (χ1v) is 8.44. The predicted molar refractivity (Wildman–Crippen MR) is 94.6 cm³/mol. The zero-order chi connectivity index (χ0) is 15.5. The van der Waals surface area contributed by atoms with Crippen molar-refractivity contribution < 1.29 is 4.79 Å². The summed E-state index contributed by atoms with van der Waals surface area (Å²) in [6, 6.07) is 7.67. The predicted octanol–water partition coefficient (Wildman–Crippen LogP) is 2.96. The van der Waals surface area contributed by atoms with E-state index in [0.717, 1.165) is 24.3 Å². The minimum atomic E-state index is -0.0215. The summed E-state index contributed by atoms with van der Waals surface area (Å²) in [6.45, 7) is 4.16. The van der Waals surface area contributed by atoms with Gasteiger partial charge in [0.2, 0.25) is 0 Å². The molecule has 1 aromatic carbocycles. The van der Waals surface area contributed by atoms with Crippen molar-refractivity contribution in [3.63, 3.8) is 0 Å². The molecule has 1 aliphatic heterocycles. The molecule has 1 saturated heterocycles. The molecule has 1 N–H and O–H groups in total. The van der Waals surface area contributed by atoms with Crippen LogP contribution >= 0.6 is 35.5 Å². The molecule has 0 bridgehead atoms. The number of carbonyl (C=O) groups excluding carboxylic acids is 1. The summed E-state index contributed by atoms with van der Waals surface area (Å²) < 4.78 is 3.93. The molecule has 0 radical (unpaired) electrons. The van der Waals surface area contributed by atoms with Gasteiger partial charge in [0.15, 0.2) is 0 Å². The van der Waals surface area contributed by atoms with Crippen LogP contribution in [0.15, 0.2) is 24.3 Å². The van der Waals surface area contributed by atoms with Crippen LogP contribution in [-0.4, -0.2) is 40.0 Å². The number of nitrogens with zero attached hydrogens (tertiary/aromatic N) is 3. The second kappa shape index (κ2) is 8.06. The highest BCUT2D eigenvalue weighted by Crippen LogP contribution is 2.27. The lowest BCUT2D eigenvalue weighted by molar-refractivity contribution is 0.0638. The van der Waals surface area contributed by atoms with Crippen molar-refractivity contribution in [1.82, 2.24) is 19.8 Å². The molecular weight excluding hydrogens is 355 g/mol. The normalized spacial score (nSPS) is 17.7. The number of hydrogen-bond acceptors (Lipinski definition) is 5. The van der Waals surface area contributed by atoms with Gasteiger partial charge in [0.25, 0.3) is 5.91 Å². The average Bonchev–Trinajstić information content (AvgIpc) is 3.03. The second-order valence-electron chi connectivity index (χ2n) is 5.18. The van der Waals surface area contributed by atoms with Gasteiger partial charge in [-0.3, -0.25) is 4.79 Å². The summed E-state index contributed by atoms with van der Waals surface area (Å²) in [6.07, 6.45) is 0.714. The topological polar surface area (TPSA) is 58.1 Å². The van der Waals surface area contributed by atoms with Gasteiger partial charge in [-0.2, -0.15) is 0 Å². The number of piperazine rings is 1. The number of carbonyl (C=O) groups is 1. The molecule has 2 heterocycles. The smallest absolute Gasteiger partial charge is 0.268 e. The van der Waals surface area contributed by atoms with Gasteiger partial charge in [0.1, 0.15) is 4.88 Å². The maximum absolute atomic E-state index is 12.9. The number of rotatable bonds is 3. The van der Waals surface area contributed by atoms with E-state index in [1.54, 1.807) is 0 Å². The Morgan fingerprint density at radius 2 is 2.35 bits per heavy atom. The minimum Gasteiger partial charge on any atom is -0.328 e. The first-order chi connectivity index (χ1) is 10.7. The molecule has 2 aromatic rings. The van der Waals surface area contributed by atoms with E-state index in [4.69, 9.17) is 11.6 Å². The van der Waals surface area contributed by atoms with Crippen LogP contribution < -0.4 is 5.32 Å². The van der Waals surface area contributed by atoms with Crippen LogP contribution in [0.25, 0.3) is 0 Å². The molecular formula is C15H18Cl2N4OS. The van der Waals surface area contributed by atoms with Gasteiger partial charge in [-0.25, -0.2) is 0 Å². The van der Waals surface area contributed by atoms with E-state index in [1.807, 2.05) is 36.1 Å². The third-order valence-corrected chi connectivity index (χ3v) is 4.81. The fourth-order valence-corrected chi connectivity index (χ4v) is 3.60. The molecule has 1 fully saturated rings. The number of aromatic nitrogens is 2. The van der Waals surface area contributed by atoms with E-state index in [9.17, 15) is 4.79 Å². The standard InChI is InChI=1S/C15H17ClN4OS.ClH/c1-2-12-14(22-19-18-12)15(21)20-7-6-17-9-13(20)10-4-3-5-11(16)8-10;/h3-5,8,13,17H,2,6-7,9H2,1H3;1H. The van der Waals surface area contributed by atoms with Crippen LogP contribution in [0.2, 0.25) is 5.02 Å². The van der Waals surface area contributed by atoms with Crippen molar-refractivity contribution in [2.75, 3.05) is 19.6 Å². The Morgan fingerprint density at radius 1 is 1.52 bits per heavy atom.